The Bertz CT molecular complexity index is 1750. The molecule has 0 saturated carbocycles. The molecular formula is C34H33N7O5. The van der Waals surface area contributed by atoms with Crippen molar-refractivity contribution in [3.8, 4) is 6.07 Å². The summed E-state index contributed by atoms with van der Waals surface area (Å²) >= 11 is 0. The van der Waals surface area contributed by atoms with Crippen molar-refractivity contribution in [2.24, 2.45) is 0 Å². The molecule has 234 valence electrons. The van der Waals surface area contributed by atoms with Gasteiger partial charge in [0.1, 0.15) is 12.6 Å². The lowest BCUT2D eigenvalue weighted by Gasteiger charge is -2.33. The Morgan fingerprint density at radius 2 is 1.67 bits per heavy atom. The molecule has 46 heavy (non-hydrogen) atoms. The van der Waals surface area contributed by atoms with E-state index >= 15 is 0 Å². The number of rotatable bonds is 9. The molecule has 0 aliphatic carbocycles. The third kappa shape index (κ3) is 7.82. The molecule has 1 fully saturated rings. The second-order valence-electron chi connectivity index (χ2n) is 10.9. The number of urea groups is 1. The number of nitriles is 1. The van der Waals surface area contributed by atoms with Crippen LogP contribution < -0.4 is 10.6 Å². The minimum atomic E-state index is -0.972. The molecule has 2 N–H and O–H groups in total. The Hall–Kier alpha value is -5.80. The van der Waals surface area contributed by atoms with Gasteiger partial charge in [0.05, 0.1) is 17.5 Å². The van der Waals surface area contributed by atoms with Gasteiger partial charge in [-0.1, -0.05) is 84.9 Å². The highest BCUT2D eigenvalue weighted by atomic mass is 16.6. The smallest absolute Gasteiger partial charge is 0.333 e. The largest absolute Gasteiger partial charge is 0.343 e. The SMILES string of the molecule is N#CCN(C(=O)NCc1ccccc1)N1CCN(Cc2cccc3ccccc23)C(=O)[C@H](Cc2ccc([N+](=O)[O-])cc2)NC(=O)C1. The van der Waals surface area contributed by atoms with Gasteiger partial charge in [-0.2, -0.15) is 5.26 Å². The zero-order chi connectivity index (χ0) is 32.5. The first-order valence-corrected chi connectivity index (χ1v) is 14.8. The predicted octanol–water partition coefficient (Wildman–Crippen LogP) is 3.77. The van der Waals surface area contributed by atoms with Crippen LogP contribution in [0.5, 0.6) is 0 Å². The second-order valence-corrected chi connectivity index (χ2v) is 10.9. The van der Waals surface area contributed by atoms with Crippen molar-refractivity contribution in [3.05, 3.63) is 124 Å². The van der Waals surface area contributed by atoms with Gasteiger partial charge in [-0.05, 0) is 27.5 Å². The predicted molar refractivity (Wildman–Crippen MR) is 171 cm³/mol. The van der Waals surface area contributed by atoms with Crippen LogP contribution in [0.25, 0.3) is 10.8 Å². The minimum Gasteiger partial charge on any atom is -0.343 e. The van der Waals surface area contributed by atoms with Crippen molar-refractivity contribution < 1.29 is 19.3 Å². The average Bonchev–Trinajstić information content (AvgIpc) is 3.12. The summed E-state index contributed by atoms with van der Waals surface area (Å²) in [7, 11) is 0. The molecule has 4 aromatic carbocycles. The van der Waals surface area contributed by atoms with Crippen LogP contribution in [0.1, 0.15) is 16.7 Å². The van der Waals surface area contributed by atoms with E-state index in [1.807, 2.05) is 78.9 Å². The molecule has 1 atom stereocenters. The van der Waals surface area contributed by atoms with Gasteiger partial charge in [0, 0.05) is 44.7 Å². The third-order valence-electron chi connectivity index (χ3n) is 7.81. The highest BCUT2D eigenvalue weighted by Crippen LogP contribution is 2.22. The number of nitro benzene ring substituents is 1. The molecular weight excluding hydrogens is 586 g/mol. The maximum absolute atomic E-state index is 14.2. The number of nitrogens with one attached hydrogen (secondary N) is 2. The van der Waals surface area contributed by atoms with Crippen molar-refractivity contribution in [2.45, 2.75) is 25.6 Å². The lowest BCUT2D eigenvalue weighted by Crippen LogP contribution is -2.55. The number of hydrazine groups is 1. The van der Waals surface area contributed by atoms with Crippen LogP contribution >= 0.6 is 0 Å². The van der Waals surface area contributed by atoms with E-state index in [1.54, 1.807) is 17.0 Å². The molecule has 1 aliphatic rings. The monoisotopic (exact) mass is 619 g/mol. The first-order valence-electron chi connectivity index (χ1n) is 14.8. The maximum atomic E-state index is 14.2. The van der Waals surface area contributed by atoms with Crippen LogP contribution in [0.4, 0.5) is 10.5 Å². The van der Waals surface area contributed by atoms with Gasteiger partial charge in [-0.3, -0.25) is 19.7 Å². The fourth-order valence-corrected chi connectivity index (χ4v) is 5.47. The number of non-ortho nitro benzene ring substituents is 1. The van der Waals surface area contributed by atoms with Crippen LogP contribution in [0.2, 0.25) is 0 Å². The first kappa shape index (κ1) is 31.6. The fourth-order valence-electron chi connectivity index (χ4n) is 5.47. The van der Waals surface area contributed by atoms with E-state index in [0.717, 1.165) is 21.9 Å². The summed E-state index contributed by atoms with van der Waals surface area (Å²) in [5, 5.41) is 31.1. The van der Waals surface area contributed by atoms with Crippen molar-refractivity contribution >= 4 is 34.3 Å². The number of nitro groups is 1. The highest BCUT2D eigenvalue weighted by Gasteiger charge is 2.32. The number of hydrogen-bond donors (Lipinski definition) is 2. The molecule has 0 radical (unpaired) electrons. The van der Waals surface area contributed by atoms with Gasteiger partial charge in [-0.15, -0.1) is 0 Å². The molecule has 5 rings (SSSR count). The average molecular weight is 620 g/mol. The number of hydrogen-bond acceptors (Lipinski definition) is 7. The van der Waals surface area contributed by atoms with E-state index in [4.69, 9.17) is 0 Å². The lowest BCUT2D eigenvalue weighted by atomic mass is 10.0. The van der Waals surface area contributed by atoms with Crippen LogP contribution in [0, 0.1) is 21.4 Å². The molecule has 0 bridgehead atoms. The van der Waals surface area contributed by atoms with Crippen molar-refractivity contribution in [2.75, 3.05) is 26.2 Å². The molecule has 1 heterocycles. The van der Waals surface area contributed by atoms with Crippen LogP contribution in [0.3, 0.4) is 0 Å². The Morgan fingerprint density at radius 3 is 2.41 bits per heavy atom. The van der Waals surface area contributed by atoms with Crippen LogP contribution in [-0.2, 0) is 29.1 Å². The Balaban J connectivity index is 1.43. The van der Waals surface area contributed by atoms with Crippen molar-refractivity contribution in [3.63, 3.8) is 0 Å². The van der Waals surface area contributed by atoms with E-state index in [1.165, 1.54) is 22.2 Å². The maximum Gasteiger partial charge on any atom is 0.333 e. The molecule has 12 nitrogen and oxygen atoms in total. The molecule has 1 aliphatic heterocycles. The van der Waals surface area contributed by atoms with Crippen molar-refractivity contribution in [1.82, 2.24) is 25.6 Å². The molecule has 0 spiro atoms. The number of benzene rings is 4. The quantitative estimate of drug-likeness (QED) is 0.164. The molecule has 12 heteroatoms. The molecule has 0 unspecified atom stereocenters. The topological polar surface area (TPSA) is 152 Å². The number of amides is 4. The third-order valence-corrected chi connectivity index (χ3v) is 7.81. The van der Waals surface area contributed by atoms with Gasteiger partial charge in [0.2, 0.25) is 11.8 Å². The summed E-state index contributed by atoms with van der Waals surface area (Å²) in [6.45, 7) is 0.143. The highest BCUT2D eigenvalue weighted by molar-refractivity contribution is 5.90. The van der Waals surface area contributed by atoms with E-state index in [2.05, 4.69) is 10.6 Å². The molecule has 4 aromatic rings. The Kier molecular flexibility index (Phi) is 10.2. The summed E-state index contributed by atoms with van der Waals surface area (Å²) < 4.78 is 0. The second kappa shape index (κ2) is 14.8. The molecule has 4 amide bonds. The van der Waals surface area contributed by atoms with Crippen LogP contribution in [0.15, 0.2) is 97.1 Å². The van der Waals surface area contributed by atoms with Gasteiger partial charge < -0.3 is 15.5 Å². The number of nitrogens with zero attached hydrogens (tertiary/aromatic N) is 5. The summed E-state index contributed by atoms with van der Waals surface area (Å²) in [6, 6.07) is 29.4. The van der Waals surface area contributed by atoms with E-state index in [9.17, 15) is 29.8 Å². The summed E-state index contributed by atoms with van der Waals surface area (Å²) in [5.74, 6) is -0.840. The van der Waals surface area contributed by atoms with Crippen molar-refractivity contribution in [1.29, 1.82) is 5.26 Å². The standard InChI is InChI=1S/C34H33N7O5/c35-17-18-40(34(44)36-22-26-7-2-1-3-8-26)39-20-19-38(23-28-11-6-10-27-9-4-5-12-30(27)28)33(43)31(37-32(42)24-39)21-25-13-15-29(16-14-25)41(45)46/h1-16,31H,18-24H2,(H,36,44)(H,37,42)/t31-/m0/s1. The minimum absolute atomic E-state index is 0.0788. The van der Waals surface area contributed by atoms with E-state index in [0.29, 0.717) is 5.56 Å². The van der Waals surface area contributed by atoms with Gasteiger partial charge >= 0.3 is 6.03 Å². The van der Waals surface area contributed by atoms with E-state index in [-0.39, 0.29) is 57.3 Å². The van der Waals surface area contributed by atoms with E-state index < -0.39 is 22.9 Å². The normalized spacial score (nSPS) is 15.6. The summed E-state index contributed by atoms with van der Waals surface area (Å²) in [4.78, 5) is 53.2. The Morgan fingerprint density at radius 1 is 0.957 bits per heavy atom. The van der Waals surface area contributed by atoms with Crippen LogP contribution in [-0.4, -0.2) is 69.9 Å². The first-order chi connectivity index (χ1) is 22.3. The molecule has 0 aromatic heterocycles. The Labute approximate surface area is 265 Å². The molecule has 1 saturated heterocycles. The number of carbonyl (C=O) groups excluding carboxylic acids is 3. The van der Waals surface area contributed by atoms with Gasteiger partial charge in [0.15, 0.2) is 0 Å². The van der Waals surface area contributed by atoms with Gasteiger partial charge in [-0.25, -0.2) is 14.8 Å². The van der Waals surface area contributed by atoms with Gasteiger partial charge in [0.25, 0.3) is 5.69 Å². The summed E-state index contributed by atoms with van der Waals surface area (Å²) in [6.07, 6.45) is 0.105. The summed E-state index contributed by atoms with van der Waals surface area (Å²) in [5.41, 5.74) is 2.34. The zero-order valence-electron chi connectivity index (χ0n) is 25.0. The zero-order valence-corrected chi connectivity index (χ0v) is 25.0. The number of fused-ring (bicyclic) bond motifs is 1. The fraction of sp³-hybridized carbons (Fsp3) is 0.235. The lowest BCUT2D eigenvalue weighted by molar-refractivity contribution is -0.384. The number of carbonyl (C=O) groups is 3.